The Morgan fingerprint density at radius 3 is 0.831 bits per heavy atom. The van der Waals surface area contributed by atoms with Gasteiger partial charge in [-0.25, -0.2) is 109 Å². The molecule has 756 valence electrons. The number of nitrogens with one attached hydrogen (secondary N) is 4. The summed E-state index contributed by atoms with van der Waals surface area (Å²) in [6.07, 6.45) is 3.52. The summed E-state index contributed by atoms with van der Waals surface area (Å²) in [7, 11) is -14.3. The zero-order valence-corrected chi connectivity index (χ0v) is 80.5. The fourth-order valence-electron chi connectivity index (χ4n) is 16.9. The van der Waals surface area contributed by atoms with E-state index >= 15 is 0 Å². The number of halogens is 13. The monoisotopic (exact) mass is 2060 g/mol. The molecule has 0 radical (unpaired) electrons. The molecule has 4 aromatic carbocycles. The molecule has 16 rings (SSSR count). The molecule has 0 spiro atoms. The van der Waals surface area contributed by atoms with Gasteiger partial charge < -0.3 is 21.3 Å². The molecule has 0 saturated carbocycles. The van der Waals surface area contributed by atoms with Gasteiger partial charge in [-0.3, -0.25) is 19.6 Å². The Kier molecular flexibility index (Phi) is 32.3. The van der Waals surface area contributed by atoms with Crippen LogP contribution in [0.1, 0.15) is 161 Å². The highest BCUT2D eigenvalue weighted by Crippen LogP contribution is 2.45. The summed E-state index contributed by atoms with van der Waals surface area (Å²) >= 11 is 0. The number of sulfone groups is 4. The van der Waals surface area contributed by atoms with Crippen molar-refractivity contribution >= 4 is 86.2 Å². The summed E-state index contributed by atoms with van der Waals surface area (Å²) in [5, 5.41) is 27.3. The van der Waals surface area contributed by atoms with E-state index < -0.39 is 130 Å². The molecule has 0 bridgehead atoms. The van der Waals surface area contributed by atoms with Gasteiger partial charge in [0.2, 0.25) is 0 Å². The minimum atomic E-state index is -4.70. The maximum atomic E-state index is 14.0. The first kappa shape index (κ1) is 106. The Labute approximate surface area is 807 Å². The molecule has 8 aromatic heterocycles. The average molecular weight is 2060 g/mol. The van der Waals surface area contributed by atoms with Crippen LogP contribution in [0.25, 0.3) is 22.7 Å². The van der Waals surface area contributed by atoms with E-state index in [2.05, 4.69) is 61.6 Å². The van der Waals surface area contributed by atoms with E-state index in [-0.39, 0.29) is 100 Å². The van der Waals surface area contributed by atoms with Gasteiger partial charge in [-0.15, -0.1) is 0 Å². The highest BCUT2D eigenvalue weighted by Gasteiger charge is 2.53. The van der Waals surface area contributed by atoms with Crippen LogP contribution >= 0.6 is 0 Å². The molecule has 0 aliphatic carbocycles. The van der Waals surface area contributed by atoms with Crippen LogP contribution in [0.3, 0.4) is 0 Å². The number of nitrogens with zero attached hydrogens (tertiary/aromatic N) is 16. The summed E-state index contributed by atoms with van der Waals surface area (Å²) in [6, 6.07) is 21.5. The van der Waals surface area contributed by atoms with Gasteiger partial charge in [-0.1, -0.05) is 40.5 Å². The predicted octanol–water partition coefficient (Wildman–Crippen LogP) is 17.3. The van der Waals surface area contributed by atoms with Crippen molar-refractivity contribution in [3.05, 3.63) is 263 Å². The maximum Gasteiger partial charge on any atom is 0.409 e. The molecule has 12 aromatic rings. The molecule has 4 aliphatic heterocycles. The summed E-state index contributed by atoms with van der Waals surface area (Å²) < 4.78 is 281. The van der Waals surface area contributed by atoms with Crippen LogP contribution in [-0.4, -0.2) is 185 Å². The van der Waals surface area contributed by atoms with Gasteiger partial charge in [0.15, 0.2) is 59.5 Å². The number of fused-ring (bicyclic) bond motifs is 4. The van der Waals surface area contributed by atoms with Crippen LogP contribution in [0.15, 0.2) is 215 Å². The van der Waals surface area contributed by atoms with Crippen LogP contribution in [0.2, 0.25) is 0 Å². The van der Waals surface area contributed by atoms with E-state index in [1.165, 1.54) is 185 Å². The molecule has 7 atom stereocenters. The van der Waals surface area contributed by atoms with Gasteiger partial charge >= 0.3 is 42.7 Å². The largest absolute Gasteiger partial charge is 0.409 e. The molecule has 4 N–H and O–H groups in total. The number of anilines is 4. The van der Waals surface area contributed by atoms with Crippen molar-refractivity contribution < 1.29 is 110 Å². The number of carbonyl (C=O) groups excluding carboxylic acids is 4. The molecule has 142 heavy (non-hydrogen) atoms. The van der Waals surface area contributed by atoms with E-state index in [0.29, 0.717) is 115 Å². The molecule has 0 fully saturated rings. The lowest BCUT2D eigenvalue weighted by atomic mass is 10.00. The van der Waals surface area contributed by atoms with Gasteiger partial charge in [0, 0.05) is 56.4 Å². The number of pyridine rings is 4. The Hall–Kier alpha value is -13.7. The molecule has 32 nitrogen and oxygen atoms in total. The second-order valence-electron chi connectivity index (χ2n) is 33.8. The van der Waals surface area contributed by atoms with E-state index in [4.69, 9.17) is 0 Å². The molecule has 3 unspecified atom stereocenters. The lowest BCUT2D eigenvalue weighted by Crippen LogP contribution is -2.55. The van der Waals surface area contributed by atoms with Gasteiger partial charge in [0.25, 0.3) is 0 Å². The maximum absolute atomic E-state index is 14.0. The first-order valence-electron chi connectivity index (χ1n) is 44.5. The number of benzene rings is 4. The fourth-order valence-corrected chi connectivity index (χ4v) is 19.3. The third-order valence-corrected chi connectivity index (χ3v) is 27.7. The van der Waals surface area contributed by atoms with Crippen molar-refractivity contribution in [2.45, 2.75) is 199 Å². The molecular formula is C93H97F13N20O12S4. The van der Waals surface area contributed by atoms with E-state index in [1.54, 1.807) is 40.9 Å². The van der Waals surface area contributed by atoms with Gasteiger partial charge in [-0.2, -0.15) is 59.9 Å². The van der Waals surface area contributed by atoms with Crippen LogP contribution in [0.5, 0.6) is 0 Å². The standard InChI is InChI=1S/2C24H25F4N5O3S.C23H23F4N5O3S.C22H24FN5O3S/c2*1-3-4-18(15-11-12-29-22(13-15)37(2,35)36)31-23(34)32-20-14-30-33(17-7-5-16(25)6-8-17)19(20)9-10-21(32)24(26,27)28;1-3-17(14-10-11-28-21(12-14)36(2,34)35)30-22(33)31-19-13-29-32(16-6-4-15(24)5-7-16)18(19)8-9-20(31)23(25,26)27;1-3-18(15-10-11-24-21(13-15)32(2,30)31)26-22(29)27-12-4-5-19-20(27)14-25-28(19)17-8-6-16(23)7-9-17/h2*5-8,11-14,18,21H,3-4,9-10H2,1-2H3,(H,31,34);4-7,10-13,17,20H,3,8-9H2,1-2H3,(H,30,33);6-11,13-14,18H,3-5,12H2,1-2H3,(H,26,29)/t2*18-,21?;17-,20?;18-/m0000/s1. The summed E-state index contributed by atoms with van der Waals surface area (Å²) in [5.74, 6) is -1.74. The summed E-state index contributed by atoms with van der Waals surface area (Å²) in [6.45, 7) is 7.83. The summed E-state index contributed by atoms with van der Waals surface area (Å²) in [4.78, 5) is 72.4. The van der Waals surface area contributed by atoms with Crippen molar-refractivity contribution in [3.63, 3.8) is 0 Å². The minimum absolute atomic E-state index is 0.0000526. The van der Waals surface area contributed by atoms with E-state index in [0.717, 1.165) is 49.2 Å². The highest BCUT2D eigenvalue weighted by molar-refractivity contribution is 7.91. The third kappa shape index (κ3) is 24.7. The molecular weight excluding hydrogens is 1960 g/mol. The zero-order chi connectivity index (χ0) is 103. The first-order valence-corrected chi connectivity index (χ1v) is 52.1. The number of rotatable bonds is 22. The number of amides is 8. The Bertz CT molecular complexity index is 6850. The van der Waals surface area contributed by atoms with Gasteiger partial charge in [-0.05, 0) is 245 Å². The minimum Gasteiger partial charge on any atom is -0.331 e. The van der Waals surface area contributed by atoms with Crippen LogP contribution < -0.4 is 40.9 Å². The number of hydrogen-bond acceptors (Lipinski definition) is 20. The number of hydrogen-bond donors (Lipinski definition) is 4. The molecule has 4 aliphatic rings. The second kappa shape index (κ2) is 43.4. The van der Waals surface area contributed by atoms with Crippen LogP contribution in [0.4, 0.5) is 99.0 Å². The Morgan fingerprint density at radius 1 is 0.345 bits per heavy atom. The number of carbonyl (C=O) groups is 4. The highest BCUT2D eigenvalue weighted by atomic mass is 32.2. The lowest BCUT2D eigenvalue weighted by Gasteiger charge is -2.37. The van der Waals surface area contributed by atoms with Crippen molar-refractivity contribution in [3.8, 4) is 22.7 Å². The van der Waals surface area contributed by atoms with Gasteiger partial charge in [0.1, 0.15) is 41.4 Å². The summed E-state index contributed by atoms with van der Waals surface area (Å²) in [5.41, 5.74) is 6.69. The SMILES string of the molecule is CCC[C@H](NC(=O)N1c2cnn(-c3ccc(F)cc3)c2CCC1C(F)(F)F)c1ccnc(S(C)(=O)=O)c1.CCC[C@H](NC(=O)N1c2cnn(-c3ccc(F)cc3)c2CCC1C(F)(F)F)c1ccnc(S(C)(=O)=O)c1.CC[C@H](NC(=O)N1CCCc2c1cnn2-c1ccc(F)cc1)c1ccnc(S(C)(=O)=O)c1.CC[C@H](NC(=O)N1c2cnn(-c3ccc(F)cc3)c2CCC1C(F)(F)F)c1ccnc(S(C)(=O)=O)c1. The van der Waals surface area contributed by atoms with E-state index in [9.17, 15) is 110 Å². The fraction of sp³-hybridized carbons (Fsp3) is 0.355. The third-order valence-electron chi connectivity index (χ3n) is 23.8. The van der Waals surface area contributed by atoms with Crippen LogP contribution in [-0.2, 0) is 65.0 Å². The molecule has 0 saturated heterocycles. The molecule has 12 heterocycles. The first-order chi connectivity index (χ1) is 67.0. The van der Waals surface area contributed by atoms with Crippen molar-refractivity contribution in [1.82, 2.24) is 80.3 Å². The van der Waals surface area contributed by atoms with Gasteiger partial charge in [0.05, 0.1) is 117 Å². The smallest absolute Gasteiger partial charge is 0.331 e. The van der Waals surface area contributed by atoms with Crippen molar-refractivity contribution in [2.24, 2.45) is 0 Å². The topological polar surface area (TPSA) is 389 Å². The van der Waals surface area contributed by atoms with Crippen molar-refractivity contribution in [1.29, 1.82) is 0 Å². The molecule has 49 heteroatoms. The zero-order valence-electron chi connectivity index (χ0n) is 77.2. The van der Waals surface area contributed by atoms with Crippen molar-refractivity contribution in [2.75, 3.05) is 51.2 Å². The Balaban J connectivity index is 0.000000159. The average Bonchev–Trinajstić information content (AvgIpc) is 1.59. The van der Waals surface area contributed by atoms with Crippen LogP contribution in [0, 0.1) is 23.3 Å². The number of urea groups is 4. The van der Waals surface area contributed by atoms with E-state index in [1.807, 2.05) is 20.8 Å². The number of alkyl halides is 9. The lowest BCUT2D eigenvalue weighted by molar-refractivity contribution is -0.149. The second-order valence-corrected chi connectivity index (χ2v) is 41.7. The Morgan fingerprint density at radius 2 is 0.585 bits per heavy atom. The number of aromatic nitrogens is 12. The normalized spacial score (nSPS) is 16.4. The quantitative estimate of drug-likeness (QED) is 0.0458. The molecule has 8 amide bonds. The predicted molar refractivity (Wildman–Crippen MR) is 497 cm³/mol.